The fourth-order valence-corrected chi connectivity index (χ4v) is 6.09. The largest absolute Gasteiger partial charge is 0.492 e. The number of rotatable bonds is 12. The van der Waals surface area contributed by atoms with Crippen molar-refractivity contribution in [1.29, 1.82) is 0 Å². The predicted octanol–water partition coefficient (Wildman–Crippen LogP) is 1.36. The number of nitrogens with one attached hydrogen (secondary N) is 1. The van der Waals surface area contributed by atoms with Crippen molar-refractivity contribution in [3.63, 3.8) is 0 Å². The lowest BCUT2D eigenvalue weighted by molar-refractivity contribution is -0.137. The van der Waals surface area contributed by atoms with Crippen molar-refractivity contribution in [3.05, 3.63) is 64.7 Å². The number of aryl methyl sites for hydroxylation is 1. The molecule has 240 valence electrons. The third kappa shape index (κ3) is 8.89. The minimum atomic E-state index is -4.45. The van der Waals surface area contributed by atoms with Gasteiger partial charge in [-0.1, -0.05) is 30.3 Å². The van der Waals surface area contributed by atoms with Crippen LogP contribution in [0.2, 0.25) is 0 Å². The van der Waals surface area contributed by atoms with Crippen LogP contribution in [0.15, 0.2) is 42.5 Å². The second kappa shape index (κ2) is 14.1. The van der Waals surface area contributed by atoms with Crippen LogP contribution in [0.1, 0.15) is 61.8 Å². The Morgan fingerprint density at radius 1 is 1.09 bits per heavy atom. The van der Waals surface area contributed by atoms with Gasteiger partial charge in [-0.15, -0.1) is 0 Å². The number of likely N-dealkylation sites (tertiary alicyclic amines) is 1. The Morgan fingerprint density at radius 3 is 2.36 bits per heavy atom. The Bertz CT molecular complexity index is 1300. The first-order valence-corrected chi connectivity index (χ1v) is 15.1. The van der Waals surface area contributed by atoms with E-state index in [1.54, 1.807) is 12.1 Å². The summed E-state index contributed by atoms with van der Waals surface area (Å²) >= 11 is 0. The average molecular weight is 618 g/mol. The monoisotopic (exact) mass is 617 g/mol. The maximum atomic E-state index is 13.5. The second-order valence-electron chi connectivity index (χ2n) is 12.6. The molecule has 2 heterocycles. The Morgan fingerprint density at radius 2 is 1.73 bits per heavy atom. The fraction of sp³-hybridized carbons (Fsp3) is 0.548. The number of ketones is 1. The molecule has 0 bridgehead atoms. The van der Waals surface area contributed by atoms with Gasteiger partial charge in [-0.2, -0.15) is 13.2 Å². The minimum absolute atomic E-state index is 0.0140. The molecule has 0 spiro atoms. The van der Waals surface area contributed by atoms with Gasteiger partial charge < -0.3 is 37.1 Å². The molecule has 8 N–H and O–H groups in total. The van der Waals surface area contributed by atoms with Crippen LogP contribution in [0.3, 0.4) is 0 Å². The van der Waals surface area contributed by atoms with Crippen molar-refractivity contribution in [2.24, 2.45) is 17.2 Å². The van der Waals surface area contributed by atoms with Crippen LogP contribution in [-0.2, 0) is 38.9 Å². The summed E-state index contributed by atoms with van der Waals surface area (Å²) in [7, 11) is -1.11. The van der Waals surface area contributed by atoms with Crippen LogP contribution < -0.4 is 28.0 Å². The number of carbonyl (C=O) groups excluding carboxylic acids is 2. The molecule has 4 rings (SSSR count). The second-order valence-corrected chi connectivity index (χ2v) is 12.6. The smallest absolute Gasteiger partial charge is 0.423 e. The zero-order valence-corrected chi connectivity index (χ0v) is 25.3. The normalized spacial score (nSPS) is 21.5. The summed E-state index contributed by atoms with van der Waals surface area (Å²) in [6.45, 7) is 5.86. The number of fused-ring (bicyclic) bond motifs is 1. The summed E-state index contributed by atoms with van der Waals surface area (Å²) < 4.78 is 44.6. The maximum Gasteiger partial charge on any atom is 0.492 e. The van der Waals surface area contributed by atoms with E-state index in [1.165, 1.54) is 12.1 Å². The highest BCUT2D eigenvalue weighted by Gasteiger charge is 2.40. The van der Waals surface area contributed by atoms with Gasteiger partial charge in [-0.3, -0.25) is 9.59 Å². The number of halogens is 3. The topological polar surface area (TPSA) is 157 Å². The van der Waals surface area contributed by atoms with Crippen molar-refractivity contribution in [2.75, 3.05) is 19.6 Å². The fourth-order valence-electron chi connectivity index (χ4n) is 6.09. The Hall–Kier alpha value is -2.81. The van der Waals surface area contributed by atoms with E-state index in [0.717, 1.165) is 37.2 Å². The van der Waals surface area contributed by atoms with E-state index < -0.39 is 42.5 Å². The van der Waals surface area contributed by atoms with Gasteiger partial charge in [0.25, 0.3) is 0 Å². The quantitative estimate of drug-likeness (QED) is 0.224. The molecular weight excluding hydrogens is 574 g/mol. The molecule has 13 heteroatoms. The highest BCUT2D eigenvalue weighted by molar-refractivity contribution is 6.62. The number of amides is 1. The van der Waals surface area contributed by atoms with E-state index in [9.17, 15) is 27.8 Å². The lowest BCUT2D eigenvalue weighted by Crippen LogP contribution is -2.52. The SMILES string of the molecule is CC1(C)OB(O)c2cc(CC(=O)[C@@H](CCc3ccc(C(F)(F)F)cc3)NC(=O)[C@@H](N)CCCN3C[C@H](N)C[C@H](N)C3)ccc21. The van der Waals surface area contributed by atoms with Crippen LogP contribution in [0.5, 0.6) is 0 Å². The van der Waals surface area contributed by atoms with Crippen LogP contribution in [0.4, 0.5) is 13.2 Å². The summed E-state index contributed by atoms with van der Waals surface area (Å²) in [5.41, 5.74) is 19.6. The molecule has 2 aliphatic heterocycles. The maximum absolute atomic E-state index is 13.5. The Kier molecular flexibility index (Phi) is 10.9. The molecule has 2 aliphatic rings. The van der Waals surface area contributed by atoms with Crippen molar-refractivity contribution in [2.45, 2.75) is 88.3 Å². The van der Waals surface area contributed by atoms with Crippen LogP contribution in [0, 0.1) is 0 Å². The van der Waals surface area contributed by atoms with Gasteiger partial charge in [0.05, 0.1) is 23.2 Å². The summed E-state index contributed by atoms with van der Waals surface area (Å²) in [6, 6.07) is 8.36. The van der Waals surface area contributed by atoms with Gasteiger partial charge in [0.2, 0.25) is 5.91 Å². The standard InChI is InChI=1S/C31H43BF3N5O4/c1-30(2)24-11-7-20(14-25(24)32(43)44-30)15-28(41)27(12-8-19-5-9-21(10-6-19)31(33,34)35)39-29(42)26(38)4-3-13-40-17-22(36)16-23(37)18-40/h5-7,9-11,14,22-23,26-27,43H,3-4,8,12-13,15-18,36-38H2,1-2H3,(H,39,42)/t22-,23+,26-,27+/m0/s1. The first-order chi connectivity index (χ1) is 20.6. The summed E-state index contributed by atoms with van der Waals surface area (Å²) in [5, 5.41) is 13.2. The van der Waals surface area contributed by atoms with Crippen LogP contribution in [-0.4, -0.2) is 72.5 Å². The van der Waals surface area contributed by atoms with E-state index in [1.807, 2.05) is 19.9 Å². The summed E-state index contributed by atoms with van der Waals surface area (Å²) in [6.07, 6.45) is -2.21. The summed E-state index contributed by atoms with van der Waals surface area (Å²) in [4.78, 5) is 28.8. The van der Waals surface area contributed by atoms with E-state index in [2.05, 4.69) is 10.2 Å². The number of alkyl halides is 3. The van der Waals surface area contributed by atoms with E-state index in [4.69, 9.17) is 21.9 Å². The molecule has 0 radical (unpaired) electrons. The average Bonchev–Trinajstić information content (AvgIpc) is 3.17. The summed E-state index contributed by atoms with van der Waals surface area (Å²) in [5.74, 6) is -0.747. The first kappa shape index (κ1) is 34.1. The first-order valence-electron chi connectivity index (χ1n) is 15.1. The van der Waals surface area contributed by atoms with Crippen molar-refractivity contribution >= 4 is 24.3 Å². The number of hydrogen-bond donors (Lipinski definition) is 5. The molecule has 0 aliphatic carbocycles. The van der Waals surface area contributed by atoms with Gasteiger partial charge in [0.15, 0.2) is 5.78 Å². The Balaban J connectivity index is 1.41. The van der Waals surface area contributed by atoms with E-state index >= 15 is 0 Å². The number of carbonyl (C=O) groups is 2. The van der Waals surface area contributed by atoms with Gasteiger partial charge in [-0.05, 0) is 86.8 Å². The molecule has 2 aromatic rings. The molecular formula is C31H43BF3N5O4. The molecule has 44 heavy (non-hydrogen) atoms. The molecule has 1 fully saturated rings. The Labute approximate surface area is 256 Å². The molecule has 9 nitrogen and oxygen atoms in total. The number of benzene rings is 2. The lowest BCUT2D eigenvalue weighted by Gasteiger charge is -2.34. The molecule has 0 saturated carbocycles. The van der Waals surface area contributed by atoms with Gasteiger partial charge >= 0.3 is 13.3 Å². The predicted molar refractivity (Wildman–Crippen MR) is 163 cm³/mol. The number of nitrogens with zero attached hydrogens (tertiary/aromatic N) is 1. The number of piperidine rings is 1. The van der Waals surface area contributed by atoms with Crippen molar-refractivity contribution in [1.82, 2.24) is 10.2 Å². The molecule has 0 unspecified atom stereocenters. The van der Waals surface area contributed by atoms with Gasteiger partial charge in [-0.25, -0.2) is 0 Å². The molecule has 4 atom stereocenters. The van der Waals surface area contributed by atoms with Crippen LogP contribution >= 0.6 is 0 Å². The van der Waals surface area contributed by atoms with Crippen molar-refractivity contribution < 1.29 is 32.4 Å². The highest BCUT2D eigenvalue weighted by atomic mass is 19.4. The van der Waals surface area contributed by atoms with Gasteiger partial charge in [0, 0.05) is 31.6 Å². The van der Waals surface area contributed by atoms with E-state index in [0.29, 0.717) is 36.0 Å². The lowest BCUT2D eigenvalue weighted by atomic mass is 9.77. The number of Topliss-reactive ketones (excluding diaryl/α,β-unsaturated/α-hetero) is 1. The van der Waals surface area contributed by atoms with Gasteiger partial charge in [0.1, 0.15) is 0 Å². The zero-order valence-electron chi connectivity index (χ0n) is 25.3. The highest BCUT2D eigenvalue weighted by Crippen LogP contribution is 2.31. The molecule has 1 saturated heterocycles. The number of hydrogen-bond acceptors (Lipinski definition) is 8. The zero-order chi connectivity index (χ0) is 32.2. The minimum Gasteiger partial charge on any atom is -0.423 e. The molecule has 0 aromatic heterocycles. The third-order valence-electron chi connectivity index (χ3n) is 8.44. The van der Waals surface area contributed by atoms with Crippen LogP contribution in [0.25, 0.3) is 0 Å². The van der Waals surface area contributed by atoms with E-state index in [-0.39, 0.29) is 37.1 Å². The molecule has 2 aromatic carbocycles. The third-order valence-corrected chi connectivity index (χ3v) is 8.44. The molecule has 1 amide bonds. The number of nitrogens with two attached hydrogens (primary N) is 3. The van der Waals surface area contributed by atoms with Crippen molar-refractivity contribution in [3.8, 4) is 0 Å².